The van der Waals surface area contributed by atoms with Crippen molar-refractivity contribution in [3.63, 3.8) is 0 Å². The van der Waals surface area contributed by atoms with E-state index in [1.165, 1.54) is 11.3 Å². The van der Waals surface area contributed by atoms with Gasteiger partial charge in [0.15, 0.2) is 0 Å². The summed E-state index contributed by atoms with van der Waals surface area (Å²) in [7, 11) is 0. The summed E-state index contributed by atoms with van der Waals surface area (Å²) in [6.45, 7) is 1.99. The molecule has 140 valence electrons. The molecular weight excluding hydrogens is 394 g/mol. The third kappa shape index (κ3) is 3.81. The number of aryl methyl sites for hydroxylation is 1. The average molecular weight is 410 g/mol. The molecule has 0 bridgehead atoms. The maximum atomic E-state index is 13.0. The molecule has 2 heterocycles. The number of amides is 1. The number of rotatable bonds is 5. The molecule has 0 saturated heterocycles. The van der Waals surface area contributed by atoms with E-state index >= 15 is 0 Å². The third-order valence-corrected chi connectivity index (χ3v) is 5.32. The fraction of sp³-hybridized carbons (Fsp3) is 0.100. The van der Waals surface area contributed by atoms with Gasteiger partial charge in [-0.25, -0.2) is 4.68 Å². The first-order chi connectivity index (χ1) is 13.6. The highest BCUT2D eigenvalue weighted by molar-refractivity contribution is 7.15. The molecule has 1 N–H and O–H groups in total. The lowest BCUT2D eigenvalue weighted by molar-refractivity contribution is 0.102. The van der Waals surface area contributed by atoms with Crippen molar-refractivity contribution in [3.8, 4) is 16.9 Å². The van der Waals surface area contributed by atoms with E-state index in [9.17, 15) is 4.79 Å². The Labute approximate surface area is 170 Å². The van der Waals surface area contributed by atoms with Gasteiger partial charge in [-0.15, -0.1) is 10.2 Å². The van der Waals surface area contributed by atoms with Crippen LogP contribution in [0.4, 0.5) is 5.13 Å². The van der Waals surface area contributed by atoms with Gasteiger partial charge in [-0.2, -0.15) is 5.10 Å². The number of aromatic nitrogens is 4. The molecule has 0 unspecified atom stereocenters. The lowest BCUT2D eigenvalue weighted by atomic mass is 10.1. The van der Waals surface area contributed by atoms with Crippen LogP contribution in [0.1, 0.15) is 22.3 Å². The van der Waals surface area contributed by atoms with Gasteiger partial charge in [-0.1, -0.05) is 60.2 Å². The Kier molecular flexibility index (Phi) is 5.18. The molecule has 0 aliphatic rings. The molecule has 4 aromatic rings. The van der Waals surface area contributed by atoms with E-state index in [1.54, 1.807) is 23.0 Å². The molecule has 0 radical (unpaired) electrons. The first-order valence-electron chi connectivity index (χ1n) is 8.69. The minimum absolute atomic E-state index is 0.286. The van der Waals surface area contributed by atoms with Crippen LogP contribution < -0.4 is 5.32 Å². The van der Waals surface area contributed by atoms with Crippen LogP contribution in [0.25, 0.3) is 16.9 Å². The Morgan fingerprint density at radius 2 is 1.86 bits per heavy atom. The number of carbonyl (C=O) groups excluding carboxylic acids is 1. The summed E-state index contributed by atoms with van der Waals surface area (Å²) in [6.07, 6.45) is 2.49. The zero-order valence-corrected chi connectivity index (χ0v) is 16.5. The van der Waals surface area contributed by atoms with Gasteiger partial charge < -0.3 is 0 Å². The Balaban J connectivity index is 1.74. The molecule has 2 aromatic carbocycles. The molecule has 8 heteroatoms. The van der Waals surface area contributed by atoms with Gasteiger partial charge in [0, 0.05) is 16.8 Å². The Bertz CT molecular complexity index is 1110. The third-order valence-electron chi connectivity index (χ3n) is 4.09. The second-order valence-electron chi connectivity index (χ2n) is 5.99. The van der Waals surface area contributed by atoms with Crippen LogP contribution in [0.3, 0.4) is 0 Å². The summed E-state index contributed by atoms with van der Waals surface area (Å²) in [5.41, 5.74) is 2.68. The van der Waals surface area contributed by atoms with Crippen molar-refractivity contribution in [2.45, 2.75) is 13.3 Å². The molecule has 6 nitrogen and oxygen atoms in total. The van der Waals surface area contributed by atoms with Gasteiger partial charge >= 0.3 is 0 Å². The van der Waals surface area contributed by atoms with Crippen molar-refractivity contribution >= 4 is 34.0 Å². The zero-order chi connectivity index (χ0) is 19.5. The number of halogens is 1. The highest BCUT2D eigenvalue weighted by Gasteiger charge is 2.20. The lowest BCUT2D eigenvalue weighted by Crippen LogP contribution is -2.12. The largest absolute Gasteiger partial charge is 0.296 e. The molecule has 4 rings (SSSR count). The van der Waals surface area contributed by atoms with Gasteiger partial charge in [0.2, 0.25) is 5.13 Å². The second-order valence-corrected chi connectivity index (χ2v) is 7.49. The summed E-state index contributed by atoms with van der Waals surface area (Å²) < 4.78 is 1.69. The summed E-state index contributed by atoms with van der Waals surface area (Å²) in [5, 5.41) is 17.5. The minimum Gasteiger partial charge on any atom is -0.296 e. The predicted molar refractivity (Wildman–Crippen MR) is 111 cm³/mol. The maximum Gasteiger partial charge on any atom is 0.261 e. The second kappa shape index (κ2) is 7.92. The normalized spacial score (nSPS) is 10.8. The molecule has 0 saturated carbocycles. The fourth-order valence-corrected chi connectivity index (χ4v) is 3.49. The van der Waals surface area contributed by atoms with E-state index in [0.717, 1.165) is 22.7 Å². The van der Waals surface area contributed by atoms with E-state index in [4.69, 9.17) is 11.6 Å². The first-order valence-corrected chi connectivity index (χ1v) is 9.88. The van der Waals surface area contributed by atoms with Gasteiger partial charge in [0.25, 0.3) is 5.91 Å². The molecule has 0 atom stereocenters. The van der Waals surface area contributed by atoms with E-state index in [1.807, 2.05) is 49.4 Å². The number of anilines is 1. The SMILES string of the molecule is CCc1nnc(NC(=O)c2cn(-c3ccccc3)nc2-c2ccc(Cl)cc2)s1. The number of hydrogen-bond acceptors (Lipinski definition) is 5. The summed E-state index contributed by atoms with van der Waals surface area (Å²) >= 11 is 7.37. The van der Waals surface area contributed by atoms with Crippen molar-refractivity contribution in [1.82, 2.24) is 20.0 Å². The monoisotopic (exact) mass is 409 g/mol. The van der Waals surface area contributed by atoms with E-state index in [2.05, 4.69) is 20.6 Å². The van der Waals surface area contributed by atoms with Crippen molar-refractivity contribution in [3.05, 3.63) is 76.4 Å². The van der Waals surface area contributed by atoms with E-state index < -0.39 is 0 Å². The first kappa shape index (κ1) is 18.3. The number of para-hydroxylation sites is 1. The summed E-state index contributed by atoms with van der Waals surface area (Å²) in [5.74, 6) is -0.286. The maximum absolute atomic E-state index is 13.0. The molecule has 0 spiro atoms. The van der Waals surface area contributed by atoms with Crippen molar-refractivity contribution in [2.24, 2.45) is 0 Å². The molecule has 2 aromatic heterocycles. The predicted octanol–water partition coefficient (Wildman–Crippen LogP) is 4.86. The molecule has 28 heavy (non-hydrogen) atoms. The average Bonchev–Trinajstić information content (AvgIpc) is 3.36. The highest BCUT2D eigenvalue weighted by atomic mass is 35.5. The number of nitrogens with one attached hydrogen (secondary N) is 1. The quantitative estimate of drug-likeness (QED) is 0.511. The minimum atomic E-state index is -0.286. The Morgan fingerprint density at radius 1 is 1.11 bits per heavy atom. The molecule has 1 amide bonds. The Morgan fingerprint density at radius 3 is 2.54 bits per heavy atom. The van der Waals surface area contributed by atoms with E-state index in [0.29, 0.717) is 21.4 Å². The number of carbonyl (C=O) groups is 1. The van der Waals surface area contributed by atoms with Gasteiger partial charge in [0.05, 0.1) is 11.3 Å². The van der Waals surface area contributed by atoms with Crippen LogP contribution in [0.15, 0.2) is 60.8 Å². The smallest absolute Gasteiger partial charge is 0.261 e. The zero-order valence-electron chi connectivity index (χ0n) is 15.0. The van der Waals surface area contributed by atoms with Crippen molar-refractivity contribution in [1.29, 1.82) is 0 Å². The fourth-order valence-electron chi connectivity index (χ4n) is 2.69. The van der Waals surface area contributed by atoms with Gasteiger partial charge in [-0.3, -0.25) is 10.1 Å². The van der Waals surface area contributed by atoms with Crippen LogP contribution in [0.2, 0.25) is 5.02 Å². The summed E-state index contributed by atoms with van der Waals surface area (Å²) in [4.78, 5) is 13.0. The van der Waals surface area contributed by atoms with Crippen molar-refractivity contribution in [2.75, 3.05) is 5.32 Å². The van der Waals surface area contributed by atoms with Gasteiger partial charge in [0.1, 0.15) is 10.7 Å². The molecule has 0 fully saturated rings. The standard InChI is InChI=1S/C20H16ClN5OS/c1-2-17-23-24-20(28-17)22-19(27)16-12-26(15-6-4-3-5-7-15)25-18(16)13-8-10-14(21)11-9-13/h3-12H,2H2,1H3,(H,22,24,27). The number of nitrogens with zero attached hydrogens (tertiary/aromatic N) is 4. The lowest BCUT2D eigenvalue weighted by Gasteiger charge is -2.02. The topological polar surface area (TPSA) is 72.7 Å². The van der Waals surface area contributed by atoms with Crippen LogP contribution in [0.5, 0.6) is 0 Å². The van der Waals surface area contributed by atoms with E-state index in [-0.39, 0.29) is 5.91 Å². The summed E-state index contributed by atoms with van der Waals surface area (Å²) in [6, 6.07) is 16.9. The van der Waals surface area contributed by atoms with Gasteiger partial charge in [-0.05, 0) is 30.7 Å². The Hall–Kier alpha value is -3.03. The van der Waals surface area contributed by atoms with Crippen LogP contribution in [-0.2, 0) is 6.42 Å². The molecular formula is C20H16ClN5OS. The van der Waals surface area contributed by atoms with Crippen LogP contribution >= 0.6 is 22.9 Å². The van der Waals surface area contributed by atoms with Crippen LogP contribution in [0, 0.1) is 0 Å². The molecule has 0 aliphatic carbocycles. The molecule has 0 aliphatic heterocycles. The highest BCUT2D eigenvalue weighted by Crippen LogP contribution is 2.26. The van der Waals surface area contributed by atoms with Crippen molar-refractivity contribution < 1.29 is 4.79 Å². The van der Waals surface area contributed by atoms with Crippen LogP contribution in [-0.4, -0.2) is 25.9 Å². The number of hydrogen-bond donors (Lipinski definition) is 1. The number of benzene rings is 2.